The molecule has 0 bridgehead atoms. The van der Waals surface area contributed by atoms with E-state index in [1.807, 2.05) is 6.07 Å². The molecule has 0 spiro atoms. The third-order valence-electron chi connectivity index (χ3n) is 1.84. The van der Waals surface area contributed by atoms with Crippen molar-refractivity contribution in [1.82, 2.24) is 9.97 Å². The summed E-state index contributed by atoms with van der Waals surface area (Å²) in [5.74, 6) is 0.715. The normalized spacial score (nSPS) is 11.9. The Morgan fingerprint density at radius 3 is 2.43 bits per heavy atom. The van der Waals surface area contributed by atoms with Gasteiger partial charge in [0.15, 0.2) is 0 Å². The molecular weight excluding hydrogens is 174 g/mol. The van der Waals surface area contributed by atoms with E-state index in [2.05, 4.69) is 49.9 Å². The highest BCUT2D eigenvalue weighted by molar-refractivity contribution is 5.28. The van der Waals surface area contributed by atoms with Crippen LogP contribution in [-0.4, -0.2) is 16.0 Å². The molecule has 1 rings (SSSR count). The minimum absolute atomic E-state index is 0.0797. The molecule has 1 aromatic rings. The Kier molecular flexibility index (Phi) is 3.09. The van der Waals surface area contributed by atoms with Gasteiger partial charge in [-0.3, -0.25) is 0 Å². The quantitative estimate of drug-likeness (QED) is 0.784. The van der Waals surface area contributed by atoms with E-state index < -0.39 is 0 Å². The van der Waals surface area contributed by atoms with Crippen LogP contribution in [-0.2, 0) is 5.41 Å². The lowest BCUT2D eigenvalue weighted by atomic mass is 9.92. The number of rotatable bonds is 2. The van der Waals surface area contributed by atoms with E-state index in [9.17, 15) is 0 Å². The zero-order chi connectivity index (χ0) is 10.8. The van der Waals surface area contributed by atoms with Crippen LogP contribution < -0.4 is 5.32 Å². The molecule has 0 aliphatic carbocycles. The van der Waals surface area contributed by atoms with E-state index in [1.165, 1.54) is 0 Å². The first-order valence-electron chi connectivity index (χ1n) is 4.99. The Bertz CT molecular complexity index is 300. The molecule has 0 unspecified atom stereocenters. The fourth-order valence-electron chi connectivity index (χ4n) is 1.10. The fraction of sp³-hybridized carbons (Fsp3) is 0.636. The Morgan fingerprint density at radius 2 is 1.93 bits per heavy atom. The smallest absolute Gasteiger partial charge is 0.223 e. The summed E-state index contributed by atoms with van der Waals surface area (Å²) in [6, 6.07) is 2.33. The summed E-state index contributed by atoms with van der Waals surface area (Å²) >= 11 is 0. The van der Waals surface area contributed by atoms with Crippen LogP contribution in [0.15, 0.2) is 12.3 Å². The van der Waals surface area contributed by atoms with Crippen LogP contribution in [0.3, 0.4) is 0 Å². The molecule has 0 aromatic carbocycles. The maximum absolute atomic E-state index is 4.46. The number of hydrogen-bond donors (Lipinski definition) is 1. The van der Waals surface area contributed by atoms with Crippen LogP contribution in [0.25, 0.3) is 0 Å². The topological polar surface area (TPSA) is 37.8 Å². The molecule has 3 nitrogen and oxygen atoms in total. The molecule has 0 saturated heterocycles. The number of nitrogens with zero attached hydrogens (tertiary/aromatic N) is 2. The van der Waals surface area contributed by atoms with Gasteiger partial charge in [-0.05, 0) is 19.9 Å². The van der Waals surface area contributed by atoms with Crippen molar-refractivity contribution < 1.29 is 0 Å². The van der Waals surface area contributed by atoms with E-state index >= 15 is 0 Å². The van der Waals surface area contributed by atoms with E-state index in [1.54, 1.807) is 6.20 Å². The first-order valence-corrected chi connectivity index (χ1v) is 4.99. The lowest BCUT2D eigenvalue weighted by Crippen LogP contribution is -2.17. The van der Waals surface area contributed by atoms with Gasteiger partial charge in [-0.2, -0.15) is 0 Å². The predicted molar refractivity (Wildman–Crippen MR) is 59.5 cm³/mol. The van der Waals surface area contributed by atoms with Gasteiger partial charge in [0.1, 0.15) is 0 Å². The second kappa shape index (κ2) is 3.95. The van der Waals surface area contributed by atoms with Crippen molar-refractivity contribution in [3.63, 3.8) is 0 Å². The lowest BCUT2D eigenvalue weighted by molar-refractivity contribution is 0.567. The van der Waals surface area contributed by atoms with Gasteiger partial charge < -0.3 is 5.32 Å². The Labute approximate surface area is 86.0 Å². The molecule has 0 saturated carbocycles. The van der Waals surface area contributed by atoms with Gasteiger partial charge in [0.05, 0.1) is 5.69 Å². The summed E-state index contributed by atoms with van der Waals surface area (Å²) in [6.07, 6.45) is 1.80. The van der Waals surface area contributed by atoms with E-state index in [0.29, 0.717) is 12.0 Å². The standard InChI is InChI=1S/C11H19N3/c1-8(2)13-10-12-7-6-9(14-10)11(3,4)5/h6-8H,1-5H3,(H,12,13,14). The summed E-state index contributed by atoms with van der Waals surface area (Å²) in [5, 5.41) is 3.20. The Morgan fingerprint density at radius 1 is 1.29 bits per heavy atom. The predicted octanol–water partition coefficient (Wildman–Crippen LogP) is 2.59. The van der Waals surface area contributed by atoms with Gasteiger partial charge >= 0.3 is 0 Å². The van der Waals surface area contributed by atoms with Crippen molar-refractivity contribution in [1.29, 1.82) is 0 Å². The molecule has 1 N–H and O–H groups in total. The van der Waals surface area contributed by atoms with Crippen molar-refractivity contribution >= 4 is 5.95 Å². The van der Waals surface area contributed by atoms with Gasteiger partial charge in [-0.25, -0.2) is 9.97 Å². The van der Waals surface area contributed by atoms with Gasteiger partial charge in [-0.15, -0.1) is 0 Å². The van der Waals surface area contributed by atoms with Crippen LogP contribution >= 0.6 is 0 Å². The second-order valence-electron chi connectivity index (χ2n) is 4.81. The van der Waals surface area contributed by atoms with E-state index in [0.717, 1.165) is 5.69 Å². The first-order chi connectivity index (χ1) is 6.39. The second-order valence-corrected chi connectivity index (χ2v) is 4.81. The summed E-state index contributed by atoms with van der Waals surface area (Å²) in [4.78, 5) is 8.63. The fourth-order valence-corrected chi connectivity index (χ4v) is 1.10. The molecular formula is C11H19N3. The highest BCUT2D eigenvalue weighted by atomic mass is 15.1. The van der Waals surface area contributed by atoms with Crippen LogP contribution in [0.5, 0.6) is 0 Å². The van der Waals surface area contributed by atoms with Crippen molar-refractivity contribution in [2.75, 3.05) is 5.32 Å². The highest BCUT2D eigenvalue weighted by Crippen LogP contribution is 2.20. The van der Waals surface area contributed by atoms with Crippen LogP contribution in [0.4, 0.5) is 5.95 Å². The average Bonchev–Trinajstić information content (AvgIpc) is 2.01. The third kappa shape index (κ3) is 2.98. The zero-order valence-electron chi connectivity index (χ0n) is 9.63. The molecule has 1 aromatic heterocycles. The number of hydrogen-bond acceptors (Lipinski definition) is 3. The molecule has 0 radical (unpaired) electrons. The summed E-state index contributed by atoms with van der Waals surface area (Å²) in [5.41, 5.74) is 1.15. The molecule has 14 heavy (non-hydrogen) atoms. The average molecular weight is 193 g/mol. The maximum atomic E-state index is 4.46. The number of anilines is 1. The first kappa shape index (κ1) is 11.0. The molecule has 0 amide bonds. The van der Waals surface area contributed by atoms with Crippen LogP contribution in [0.2, 0.25) is 0 Å². The molecule has 1 heterocycles. The van der Waals surface area contributed by atoms with Gasteiger partial charge in [-0.1, -0.05) is 20.8 Å². The van der Waals surface area contributed by atoms with E-state index in [4.69, 9.17) is 0 Å². The molecule has 0 atom stereocenters. The van der Waals surface area contributed by atoms with Crippen LogP contribution in [0.1, 0.15) is 40.3 Å². The Balaban J connectivity index is 2.90. The van der Waals surface area contributed by atoms with Crippen LogP contribution in [0, 0.1) is 0 Å². The lowest BCUT2D eigenvalue weighted by Gasteiger charge is -2.18. The summed E-state index contributed by atoms with van der Waals surface area (Å²) in [7, 11) is 0. The third-order valence-corrected chi connectivity index (χ3v) is 1.84. The molecule has 78 valence electrons. The maximum Gasteiger partial charge on any atom is 0.223 e. The summed E-state index contributed by atoms with van der Waals surface area (Å²) in [6.45, 7) is 10.6. The van der Waals surface area contributed by atoms with Crippen molar-refractivity contribution in [2.45, 2.75) is 46.1 Å². The molecule has 3 heteroatoms. The van der Waals surface area contributed by atoms with Crippen molar-refractivity contribution in [3.05, 3.63) is 18.0 Å². The minimum Gasteiger partial charge on any atom is -0.352 e. The number of nitrogens with one attached hydrogen (secondary N) is 1. The Hall–Kier alpha value is -1.12. The molecule has 0 fully saturated rings. The molecule has 0 aliphatic heterocycles. The van der Waals surface area contributed by atoms with Crippen molar-refractivity contribution in [2.24, 2.45) is 0 Å². The molecule has 0 aliphatic rings. The number of aromatic nitrogens is 2. The monoisotopic (exact) mass is 193 g/mol. The van der Waals surface area contributed by atoms with Crippen molar-refractivity contribution in [3.8, 4) is 0 Å². The summed E-state index contributed by atoms with van der Waals surface area (Å²) < 4.78 is 0. The zero-order valence-corrected chi connectivity index (χ0v) is 9.63. The minimum atomic E-state index is 0.0797. The van der Waals surface area contributed by atoms with E-state index in [-0.39, 0.29) is 5.41 Å². The van der Waals surface area contributed by atoms with Gasteiger partial charge in [0.25, 0.3) is 0 Å². The largest absolute Gasteiger partial charge is 0.352 e. The SMILES string of the molecule is CC(C)Nc1nccc(C(C)(C)C)n1. The highest BCUT2D eigenvalue weighted by Gasteiger charge is 2.15. The van der Waals surface area contributed by atoms with Gasteiger partial charge in [0, 0.05) is 17.7 Å². The van der Waals surface area contributed by atoms with Gasteiger partial charge in [0.2, 0.25) is 5.95 Å².